The molecule has 1 aromatic carbocycles. The Kier molecular flexibility index (Phi) is 5.04. The Morgan fingerprint density at radius 1 is 1.15 bits per heavy atom. The normalized spacial score (nSPS) is 16.8. The van der Waals surface area contributed by atoms with Crippen LogP contribution in [0, 0.1) is 5.92 Å². The molecule has 4 nitrogen and oxygen atoms in total. The van der Waals surface area contributed by atoms with Crippen molar-refractivity contribution in [2.45, 2.75) is 49.8 Å². The number of nitrogens with zero attached hydrogens (tertiary/aromatic N) is 1. The second-order valence-corrected chi connectivity index (χ2v) is 9.86. The molecule has 0 bridgehead atoms. The van der Waals surface area contributed by atoms with Gasteiger partial charge in [0.2, 0.25) is 0 Å². The second kappa shape index (κ2) is 7.47. The number of hydrogen-bond donors (Lipinski definition) is 1. The maximum atomic E-state index is 12.1. The van der Waals surface area contributed by atoms with Crippen molar-refractivity contribution in [3.05, 3.63) is 59.9 Å². The highest BCUT2D eigenvalue weighted by Crippen LogP contribution is 2.38. The van der Waals surface area contributed by atoms with E-state index >= 15 is 0 Å². The highest BCUT2D eigenvalue weighted by atomic mass is 32.2. The third-order valence-corrected chi connectivity index (χ3v) is 7.60. The Morgan fingerprint density at radius 2 is 1.89 bits per heavy atom. The van der Waals surface area contributed by atoms with Gasteiger partial charge in [-0.1, -0.05) is 44.7 Å². The zero-order chi connectivity index (χ0) is 18.9. The maximum absolute atomic E-state index is 12.1. The molecule has 0 spiro atoms. The van der Waals surface area contributed by atoms with E-state index in [2.05, 4.69) is 22.1 Å². The van der Waals surface area contributed by atoms with Crippen LogP contribution in [0.5, 0.6) is 0 Å². The summed E-state index contributed by atoms with van der Waals surface area (Å²) in [7, 11) is -3.17. The van der Waals surface area contributed by atoms with E-state index in [1.807, 2.05) is 18.2 Å². The van der Waals surface area contributed by atoms with E-state index < -0.39 is 9.84 Å². The fourth-order valence-electron chi connectivity index (χ4n) is 4.26. The standard InChI is InChI=1S/C22H26N2O2S/c1-2-27(25,26)19-11-9-17(10-12-19)20(14-16-6-3-4-7-16)21-15-18-8-5-13-23-22(18)24-21/h5,8-13,15-16,20H,2-4,6-7,14H2,1H3,(H,23,24). The second-order valence-electron chi connectivity index (χ2n) is 7.58. The average molecular weight is 383 g/mol. The maximum Gasteiger partial charge on any atom is 0.178 e. The molecule has 0 saturated heterocycles. The summed E-state index contributed by atoms with van der Waals surface area (Å²) >= 11 is 0. The van der Waals surface area contributed by atoms with Gasteiger partial charge in [-0.2, -0.15) is 0 Å². The Morgan fingerprint density at radius 3 is 2.56 bits per heavy atom. The zero-order valence-corrected chi connectivity index (χ0v) is 16.5. The van der Waals surface area contributed by atoms with Gasteiger partial charge >= 0.3 is 0 Å². The van der Waals surface area contributed by atoms with Gasteiger partial charge in [0.1, 0.15) is 5.65 Å². The van der Waals surface area contributed by atoms with E-state index in [4.69, 9.17) is 0 Å². The summed E-state index contributed by atoms with van der Waals surface area (Å²) in [5.41, 5.74) is 3.25. The molecule has 4 rings (SSSR count). The minimum atomic E-state index is -3.17. The largest absolute Gasteiger partial charge is 0.343 e. The SMILES string of the molecule is CCS(=O)(=O)c1ccc(C(CC2CCCC2)c2cc3cccnc3[nH]2)cc1. The van der Waals surface area contributed by atoms with Gasteiger partial charge in [-0.25, -0.2) is 13.4 Å². The number of benzene rings is 1. The Hall–Kier alpha value is -2.14. The minimum absolute atomic E-state index is 0.130. The van der Waals surface area contributed by atoms with Gasteiger partial charge < -0.3 is 4.98 Å². The van der Waals surface area contributed by atoms with Crippen molar-refractivity contribution in [2.75, 3.05) is 5.75 Å². The molecule has 1 atom stereocenters. The van der Waals surface area contributed by atoms with Crippen molar-refractivity contribution in [3.63, 3.8) is 0 Å². The van der Waals surface area contributed by atoms with Crippen LogP contribution < -0.4 is 0 Å². The molecule has 142 valence electrons. The molecular weight excluding hydrogens is 356 g/mol. The number of aromatic nitrogens is 2. The molecule has 0 aliphatic heterocycles. The first-order chi connectivity index (χ1) is 13.1. The van der Waals surface area contributed by atoms with Crippen molar-refractivity contribution in [1.29, 1.82) is 0 Å². The summed E-state index contributed by atoms with van der Waals surface area (Å²) in [6.45, 7) is 1.68. The van der Waals surface area contributed by atoms with Crippen LogP contribution in [-0.2, 0) is 9.84 Å². The third kappa shape index (κ3) is 3.79. The predicted octanol–water partition coefficient (Wildman–Crippen LogP) is 5.07. The van der Waals surface area contributed by atoms with Gasteiger partial charge in [-0.15, -0.1) is 0 Å². The fourth-order valence-corrected chi connectivity index (χ4v) is 5.15. The molecule has 2 heterocycles. The molecule has 1 fully saturated rings. The lowest BCUT2D eigenvalue weighted by Gasteiger charge is -2.20. The van der Waals surface area contributed by atoms with Crippen LogP contribution in [0.3, 0.4) is 0 Å². The number of pyridine rings is 1. The van der Waals surface area contributed by atoms with E-state index in [-0.39, 0.29) is 11.7 Å². The summed E-state index contributed by atoms with van der Waals surface area (Å²) in [5, 5.41) is 1.12. The van der Waals surface area contributed by atoms with E-state index in [0.29, 0.717) is 4.90 Å². The first kappa shape index (κ1) is 18.2. The molecule has 1 saturated carbocycles. The lowest BCUT2D eigenvalue weighted by molar-refractivity contribution is 0.469. The first-order valence-electron chi connectivity index (χ1n) is 9.83. The quantitative estimate of drug-likeness (QED) is 0.647. The number of nitrogens with one attached hydrogen (secondary N) is 1. The number of sulfone groups is 1. The Balaban J connectivity index is 1.71. The van der Waals surface area contributed by atoms with Crippen LogP contribution in [-0.4, -0.2) is 24.1 Å². The first-order valence-corrected chi connectivity index (χ1v) is 11.5. The number of H-pyrrole nitrogens is 1. The lowest BCUT2D eigenvalue weighted by Crippen LogP contribution is -2.09. The van der Waals surface area contributed by atoms with Crippen LogP contribution in [0.1, 0.15) is 56.2 Å². The van der Waals surface area contributed by atoms with Gasteiger partial charge in [0.15, 0.2) is 9.84 Å². The Labute approximate surface area is 161 Å². The summed E-state index contributed by atoms with van der Waals surface area (Å²) in [5.74, 6) is 1.10. The van der Waals surface area contributed by atoms with Gasteiger partial charge in [0, 0.05) is 23.2 Å². The van der Waals surface area contributed by atoms with Crippen molar-refractivity contribution < 1.29 is 8.42 Å². The van der Waals surface area contributed by atoms with Crippen LogP contribution in [0.25, 0.3) is 11.0 Å². The summed E-state index contributed by atoms with van der Waals surface area (Å²) in [6.07, 6.45) is 8.11. The summed E-state index contributed by atoms with van der Waals surface area (Å²) in [6, 6.07) is 13.7. The average Bonchev–Trinajstić information content (AvgIpc) is 3.35. The van der Waals surface area contributed by atoms with Crippen molar-refractivity contribution in [2.24, 2.45) is 5.92 Å². The van der Waals surface area contributed by atoms with Crippen molar-refractivity contribution in [1.82, 2.24) is 9.97 Å². The molecule has 1 unspecified atom stereocenters. The van der Waals surface area contributed by atoms with Gasteiger partial charge in [0.05, 0.1) is 10.6 Å². The van der Waals surface area contributed by atoms with Crippen molar-refractivity contribution in [3.8, 4) is 0 Å². The van der Waals surface area contributed by atoms with Crippen LogP contribution in [0.15, 0.2) is 53.6 Å². The molecule has 0 amide bonds. The molecule has 1 aliphatic rings. The molecule has 1 aliphatic carbocycles. The smallest absolute Gasteiger partial charge is 0.178 e. The molecule has 2 aromatic heterocycles. The van der Waals surface area contributed by atoms with Gasteiger partial charge in [-0.05, 0) is 48.2 Å². The number of fused-ring (bicyclic) bond motifs is 1. The molecule has 0 radical (unpaired) electrons. The van der Waals surface area contributed by atoms with E-state index in [1.54, 1.807) is 25.3 Å². The topological polar surface area (TPSA) is 62.8 Å². The van der Waals surface area contributed by atoms with Crippen LogP contribution >= 0.6 is 0 Å². The molecular formula is C22H26N2O2S. The number of hydrogen-bond acceptors (Lipinski definition) is 3. The Bertz CT molecular complexity index is 983. The number of aromatic amines is 1. The molecule has 27 heavy (non-hydrogen) atoms. The van der Waals surface area contributed by atoms with E-state index in [1.165, 1.54) is 36.9 Å². The van der Waals surface area contributed by atoms with E-state index in [0.717, 1.165) is 23.4 Å². The molecule has 1 N–H and O–H groups in total. The molecule has 3 aromatic rings. The predicted molar refractivity (Wildman–Crippen MR) is 109 cm³/mol. The van der Waals surface area contributed by atoms with Crippen LogP contribution in [0.4, 0.5) is 0 Å². The van der Waals surface area contributed by atoms with Crippen molar-refractivity contribution >= 4 is 20.9 Å². The minimum Gasteiger partial charge on any atom is -0.343 e. The van der Waals surface area contributed by atoms with E-state index in [9.17, 15) is 8.42 Å². The summed E-state index contributed by atoms with van der Waals surface area (Å²) < 4.78 is 24.3. The lowest BCUT2D eigenvalue weighted by atomic mass is 9.86. The zero-order valence-electron chi connectivity index (χ0n) is 15.7. The van der Waals surface area contributed by atoms with Gasteiger partial charge in [0.25, 0.3) is 0 Å². The highest BCUT2D eigenvalue weighted by Gasteiger charge is 2.24. The molecule has 5 heteroatoms. The van der Waals surface area contributed by atoms with Gasteiger partial charge in [-0.3, -0.25) is 0 Å². The number of rotatable bonds is 6. The fraction of sp³-hybridized carbons (Fsp3) is 0.409. The third-order valence-electron chi connectivity index (χ3n) is 5.85. The highest BCUT2D eigenvalue weighted by molar-refractivity contribution is 7.91. The van der Waals surface area contributed by atoms with Crippen LogP contribution in [0.2, 0.25) is 0 Å². The monoisotopic (exact) mass is 382 g/mol. The summed E-state index contributed by atoms with van der Waals surface area (Å²) in [4.78, 5) is 8.34.